The first-order valence-corrected chi connectivity index (χ1v) is 10.5. The zero-order valence-corrected chi connectivity index (χ0v) is 13.7. The van der Waals surface area contributed by atoms with Crippen LogP contribution < -0.4 is 9.92 Å². The first-order valence-electron chi connectivity index (χ1n) is 6.95. The molecule has 0 aliphatic heterocycles. The van der Waals surface area contributed by atoms with E-state index in [1.165, 1.54) is 21.9 Å². The molecule has 1 aromatic rings. The van der Waals surface area contributed by atoms with Gasteiger partial charge in [0.05, 0.1) is 15.2 Å². The Kier molecular flexibility index (Phi) is 4.00. The van der Waals surface area contributed by atoms with Gasteiger partial charge < -0.3 is 4.74 Å². The van der Waals surface area contributed by atoms with E-state index in [1.54, 1.807) is 7.11 Å². The summed E-state index contributed by atoms with van der Waals surface area (Å²) in [7, 11) is 0.422. The predicted octanol–water partition coefficient (Wildman–Crippen LogP) is 3.98. The molecule has 0 unspecified atom stereocenters. The molecule has 0 amide bonds. The number of benzene rings is 1. The van der Waals surface area contributed by atoms with E-state index in [4.69, 9.17) is 4.74 Å². The van der Waals surface area contributed by atoms with Crippen LogP contribution in [0.25, 0.3) is 0 Å². The molecule has 0 N–H and O–H groups in total. The fraction of sp³-hybridized carbons (Fsp3) is 0.412. The molecule has 1 aromatic carbocycles. The zero-order valence-electron chi connectivity index (χ0n) is 12.7. The van der Waals surface area contributed by atoms with Crippen molar-refractivity contribution in [2.75, 3.05) is 7.11 Å². The topological polar surface area (TPSA) is 9.23 Å². The summed E-state index contributed by atoms with van der Waals surface area (Å²) in [6, 6.07) is 4.59. The number of rotatable bonds is 4. The molecule has 0 spiro atoms. The van der Waals surface area contributed by atoms with Crippen molar-refractivity contribution in [1.82, 2.24) is 0 Å². The molecule has 0 atom stereocenters. The average molecular weight is 272 g/mol. The van der Waals surface area contributed by atoms with Crippen LogP contribution in [0.3, 0.4) is 0 Å². The van der Waals surface area contributed by atoms with E-state index in [2.05, 4.69) is 56.9 Å². The largest absolute Gasteiger partial charge is 0.497 e. The third-order valence-electron chi connectivity index (χ3n) is 3.56. The molecule has 0 fully saturated rings. The minimum atomic E-state index is -1.38. The Morgan fingerprint density at radius 3 is 2.47 bits per heavy atom. The second-order valence-corrected chi connectivity index (χ2v) is 11.4. The minimum absolute atomic E-state index is 0.985. The molecule has 0 saturated carbocycles. The predicted molar refractivity (Wildman–Crippen MR) is 86.3 cm³/mol. The molecule has 102 valence electrons. The summed E-state index contributed by atoms with van der Waals surface area (Å²) in [5.41, 5.74) is 4.08. The van der Waals surface area contributed by atoms with E-state index >= 15 is 0 Å². The van der Waals surface area contributed by atoms with Gasteiger partial charge in [-0.1, -0.05) is 55.6 Å². The van der Waals surface area contributed by atoms with E-state index in [1.807, 2.05) is 0 Å². The molecule has 1 aliphatic carbocycles. The Morgan fingerprint density at radius 2 is 1.95 bits per heavy atom. The fourth-order valence-corrected chi connectivity index (χ4v) is 4.24. The lowest BCUT2D eigenvalue weighted by Gasteiger charge is -2.23. The van der Waals surface area contributed by atoms with Crippen molar-refractivity contribution in [2.24, 2.45) is 0 Å². The second-order valence-electron chi connectivity index (χ2n) is 6.35. The normalized spacial score (nSPS) is 14.7. The van der Waals surface area contributed by atoms with E-state index in [-0.39, 0.29) is 0 Å². The summed E-state index contributed by atoms with van der Waals surface area (Å²) in [4.78, 5) is 0. The third-order valence-corrected chi connectivity index (χ3v) is 5.55. The van der Waals surface area contributed by atoms with Gasteiger partial charge in [-0.3, -0.25) is 0 Å². The number of methoxy groups -OCH3 is 1. The number of hydrogen-bond donors (Lipinski definition) is 0. The highest BCUT2D eigenvalue weighted by Gasteiger charge is 2.23. The lowest BCUT2D eigenvalue weighted by molar-refractivity contribution is 0.413. The van der Waals surface area contributed by atoms with E-state index in [0.29, 0.717) is 0 Å². The molecule has 1 nitrogen and oxygen atoms in total. The monoisotopic (exact) mass is 272 g/mol. The van der Waals surface area contributed by atoms with Gasteiger partial charge in [0, 0.05) is 6.42 Å². The molecule has 0 heterocycles. The van der Waals surface area contributed by atoms with Gasteiger partial charge in [0.15, 0.2) is 0 Å². The number of ether oxygens (including phenoxy) is 1. The highest BCUT2D eigenvalue weighted by Crippen LogP contribution is 2.26. The van der Waals surface area contributed by atoms with Crippen molar-refractivity contribution in [3.8, 4) is 5.75 Å². The summed E-state index contributed by atoms with van der Waals surface area (Å²) in [6.07, 6.45) is 8.81. The van der Waals surface area contributed by atoms with Crippen molar-refractivity contribution < 1.29 is 4.74 Å². The van der Waals surface area contributed by atoms with Gasteiger partial charge in [0.2, 0.25) is 0 Å². The van der Waals surface area contributed by atoms with Crippen LogP contribution in [-0.2, 0) is 6.42 Å². The molecular weight excluding hydrogens is 248 g/mol. The maximum Gasteiger partial charge on any atom is 0.121 e. The fourth-order valence-electron chi connectivity index (χ4n) is 2.64. The van der Waals surface area contributed by atoms with Crippen molar-refractivity contribution in [1.29, 1.82) is 0 Å². The van der Waals surface area contributed by atoms with Crippen LogP contribution in [-0.4, -0.2) is 15.2 Å². The van der Waals surface area contributed by atoms with Crippen molar-refractivity contribution in [3.63, 3.8) is 0 Å². The van der Waals surface area contributed by atoms with Gasteiger partial charge in [-0.25, -0.2) is 0 Å². The first kappa shape index (κ1) is 14.1. The summed E-state index contributed by atoms with van der Waals surface area (Å²) in [5.74, 6) is 1.12. The lowest BCUT2D eigenvalue weighted by Crippen LogP contribution is -2.39. The molecular formula is C17H24OSi. The maximum atomic E-state index is 5.75. The Morgan fingerprint density at radius 1 is 1.21 bits per heavy atom. The maximum absolute atomic E-state index is 5.75. The van der Waals surface area contributed by atoms with Crippen LogP contribution in [0, 0.1) is 6.92 Å². The lowest BCUT2D eigenvalue weighted by atomic mass is 10.0. The molecule has 0 aromatic heterocycles. The van der Waals surface area contributed by atoms with Gasteiger partial charge in [-0.2, -0.15) is 0 Å². The van der Waals surface area contributed by atoms with Crippen LogP contribution in [0.4, 0.5) is 0 Å². The third kappa shape index (κ3) is 3.18. The molecule has 1 aliphatic rings. The van der Waals surface area contributed by atoms with Crippen LogP contribution in [0.2, 0.25) is 19.6 Å². The minimum Gasteiger partial charge on any atom is -0.497 e. The Balaban J connectivity index is 2.47. The first-order chi connectivity index (χ1) is 8.91. The number of allylic oxidation sites excluding steroid dienone is 4. The van der Waals surface area contributed by atoms with Crippen LogP contribution >= 0.6 is 0 Å². The zero-order chi connectivity index (χ0) is 14.0. The molecule has 2 rings (SSSR count). The molecule has 0 radical (unpaired) electrons. The van der Waals surface area contributed by atoms with Gasteiger partial charge in [0.1, 0.15) is 5.75 Å². The quantitative estimate of drug-likeness (QED) is 0.753. The van der Waals surface area contributed by atoms with Gasteiger partial charge in [0.25, 0.3) is 0 Å². The van der Waals surface area contributed by atoms with E-state index in [9.17, 15) is 0 Å². The Hall–Kier alpha value is -1.28. The van der Waals surface area contributed by atoms with E-state index < -0.39 is 8.07 Å². The molecule has 0 bridgehead atoms. The smallest absolute Gasteiger partial charge is 0.121 e. The van der Waals surface area contributed by atoms with Crippen LogP contribution in [0.1, 0.15) is 17.5 Å². The van der Waals surface area contributed by atoms with Crippen LogP contribution in [0.5, 0.6) is 5.75 Å². The van der Waals surface area contributed by atoms with Gasteiger partial charge in [-0.05, 0) is 29.7 Å². The summed E-state index contributed by atoms with van der Waals surface area (Å²) < 4.78 is 5.75. The molecule has 19 heavy (non-hydrogen) atoms. The molecule has 2 heteroatoms. The highest BCUT2D eigenvalue weighted by molar-refractivity contribution is 6.89. The molecule has 0 saturated heterocycles. The number of hydrogen-bond acceptors (Lipinski definition) is 1. The van der Waals surface area contributed by atoms with Crippen LogP contribution in [0.15, 0.2) is 35.9 Å². The highest BCUT2D eigenvalue weighted by atomic mass is 28.3. The average Bonchev–Trinajstić information content (AvgIpc) is 2.80. The van der Waals surface area contributed by atoms with E-state index in [0.717, 1.165) is 18.6 Å². The summed E-state index contributed by atoms with van der Waals surface area (Å²) in [5, 5.41) is 1.44. The standard InChI is InChI=1S/C17H24OSi/c1-13-10-15(12-14-8-6-7-9-14)17(18-2)16(11-13)19(3,4)5/h6,8-11H,7,12H2,1-5H3. The van der Waals surface area contributed by atoms with Gasteiger partial charge in [-0.15, -0.1) is 0 Å². The Labute approximate surface area is 118 Å². The van der Waals surface area contributed by atoms with Gasteiger partial charge >= 0.3 is 0 Å². The number of aryl methyl sites for hydroxylation is 1. The SMILES string of the molecule is COc1c(CC2=CCC=C2)cc(C)cc1[Si](C)(C)C. The Bertz CT molecular complexity index is 533. The van der Waals surface area contributed by atoms with Crippen molar-refractivity contribution in [3.05, 3.63) is 47.1 Å². The second kappa shape index (κ2) is 5.38. The van der Waals surface area contributed by atoms with Crippen molar-refractivity contribution in [2.45, 2.75) is 39.4 Å². The van der Waals surface area contributed by atoms with Crippen molar-refractivity contribution >= 4 is 13.3 Å². The summed E-state index contributed by atoms with van der Waals surface area (Å²) >= 11 is 0. The summed E-state index contributed by atoms with van der Waals surface area (Å²) in [6.45, 7) is 9.32.